The van der Waals surface area contributed by atoms with Crippen LogP contribution in [0.3, 0.4) is 0 Å². The fourth-order valence-corrected chi connectivity index (χ4v) is 1.35. The Morgan fingerprint density at radius 1 is 1.27 bits per heavy atom. The second-order valence-electron chi connectivity index (χ2n) is 3.82. The summed E-state index contributed by atoms with van der Waals surface area (Å²) in [7, 11) is 4.11. The van der Waals surface area contributed by atoms with Gasteiger partial charge in [-0.25, -0.2) is 0 Å². The van der Waals surface area contributed by atoms with Crippen molar-refractivity contribution in [1.29, 1.82) is 0 Å². The molecule has 15 heavy (non-hydrogen) atoms. The predicted octanol–water partition coefficient (Wildman–Crippen LogP) is 2.42. The Balaban J connectivity index is 2.39. The zero-order valence-electron chi connectivity index (χ0n) is 9.66. The maximum atomic E-state index is 3.69. The predicted molar refractivity (Wildman–Crippen MR) is 67.3 cm³/mol. The number of benzene rings is 1. The molecule has 0 aromatic heterocycles. The van der Waals surface area contributed by atoms with Crippen molar-refractivity contribution in [3.63, 3.8) is 0 Å². The van der Waals surface area contributed by atoms with E-state index in [2.05, 4.69) is 55.2 Å². The fourth-order valence-electron chi connectivity index (χ4n) is 1.35. The van der Waals surface area contributed by atoms with Crippen LogP contribution in [-0.2, 0) is 6.54 Å². The van der Waals surface area contributed by atoms with Crippen LogP contribution in [0.15, 0.2) is 36.9 Å². The van der Waals surface area contributed by atoms with Gasteiger partial charge in [-0.3, -0.25) is 0 Å². The van der Waals surface area contributed by atoms with Gasteiger partial charge < -0.3 is 10.2 Å². The maximum Gasteiger partial charge on any atom is 0.0361 e. The molecule has 0 aliphatic heterocycles. The third kappa shape index (κ3) is 4.17. The minimum absolute atomic E-state index is 0.932. The van der Waals surface area contributed by atoms with Gasteiger partial charge >= 0.3 is 0 Å². The molecule has 2 nitrogen and oxygen atoms in total. The first-order valence-electron chi connectivity index (χ1n) is 5.32. The molecular formula is C13H20N2. The summed E-state index contributed by atoms with van der Waals surface area (Å²) < 4.78 is 0. The lowest BCUT2D eigenvalue weighted by molar-refractivity contribution is 0.696. The first-order valence-corrected chi connectivity index (χ1v) is 5.32. The third-order valence-electron chi connectivity index (χ3n) is 2.31. The summed E-state index contributed by atoms with van der Waals surface area (Å²) in [6.45, 7) is 5.62. The number of rotatable bonds is 6. The van der Waals surface area contributed by atoms with E-state index in [1.54, 1.807) is 0 Å². The molecule has 0 fully saturated rings. The van der Waals surface area contributed by atoms with Crippen LogP contribution >= 0.6 is 0 Å². The van der Waals surface area contributed by atoms with Gasteiger partial charge in [0.15, 0.2) is 0 Å². The highest BCUT2D eigenvalue weighted by Crippen LogP contribution is 2.11. The van der Waals surface area contributed by atoms with Gasteiger partial charge in [0.25, 0.3) is 0 Å². The van der Waals surface area contributed by atoms with E-state index < -0.39 is 0 Å². The van der Waals surface area contributed by atoms with Crippen molar-refractivity contribution >= 4 is 5.69 Å². The maximum absolute atomic E-state index is 3.69. The van der Waals surface area contributed by atoms with Crippen LogP contribution in [0.25, 0.3) is 0 Å². The molecule has 0 radical (unpaired) electrons. The van der Waals surface area contributed by atoms with E-state index >= 15 is 0 Å². The molecule has 0 saturated carbocycles. The Morgan fingerprint density at radius 2 is 1.93 bits per heavy atom. The van der Waals surface area contributed by atoms with E-state index in [1.165, 1.54) is 11.3 Å². The van der Waals surface area contributed by atoms with E-state index in [9.17, 15) is 0 Å². The topological polar surface area (TPSA) is 15.3 Å². The van der Waals surface area contributed by atoms with Gasteiger partial charge in [0.1, 0.15) is 0 Å². The Hall–Kier alpha value is -1.28. The summed E-state index contributed by atoms with van der Waals surface area (Å²) in [5, 5.41) is 3.37. The van der Waals surface area contributed by atoms with Gasteiger partial charge in [-0.1, -0.05) is 18.2 Å². The molecule has 1 aromatic rings. The summed E-state index contributed by atoms with van der Waals surface area (Å²) >= 11 is 0. The fraction of sp³-hybridized carbons (Fsp3) is 0.385. The van der Waals surface area contributed by atoms with Crippen molar-refractivity contribution in [3.8, 4) is 0 Å². The molecule has 0 unspecified atom stereocenters. The first kappa shape index (κ1) is 11.8. The van der Waals surface area contributed by atoms with Gasteiger partial charge in [0.2, 0.25) is 0 Å². The zero-order chi connectivity index (χ0) is 11.1. The molecule has 0 aliphatic carbocycles. The summed E-state index contributed by atoms with van der Waals surface area (Å²) in [6, 6.07) is 8.61. The van der Waals surface area contributed by atoms with Crippen LogP contribution in [0.4, 0.5) is 5.69 Å². The van der Waals surface area contributed by atoms with Crippen LogP contribution in [-0.4, -0.2) is 20.6 Å². The zero-order valence-corrected chi connectivity index (χ0v) is 9.66. The lowest BCUT2D eigenvalue weighted by Gasteiger charge is -2.12. The normalized spacial score (nSPS) is 10.0. The summed E-state index contributed by atoms with van der Waals surface area (Å²) in [5.74, 6) is 0. The van der Waals surface area contributed by atoms with Crippen molar-refractivity contribution in [3.05, 3.63) is 42.5 Å². The second kappa shape index (κ2) is 6.25. The van der Waals surface area contributed by atoms with E-state index in [1.807, 2.05) is 6.08 Å². The number of hydrogen-bond acceptors (Lipinski definition) is 2. The molecule has 2 heteroatoms. The summed E-state index contributed by atoms with van der Waals surface area (Å²) in [4.78, 5) is 2.11. The monoisotopic (exact) mass is 204 g/mol. The third-order valence-corrected chi connectivity index (χ3v) is 2.31. The van der Waals surface area contributed by atoms with Crippen LogP contribution < -0.4 is 10.2 Å². The first-order chi connectivity index (χ1) is 7.24. The van der Waals surface area contributed by atoms with E-state index in [4.69, 9.17) is 0 Å². The number of hydrogen-bond donors (Lipinski definition) is 1. The Morgan fingerprint density at radius 3 is 2.47 bits per heavy atom. The molecule has 0 saturated heterocycles. The SMILES string of the molecule is C=CCCNCc1ccc(N(C)C)cc1. The summed E-state index contributed by atoms with van der Waals surface area (Å²) in [5.41, 5.74) is 2.56. The molecule has 0 atom stereocenters. The van der Waals surface area contributed by atoms with Crippen molar-refractivity contribution in [2.75, 3.05) is 25.5 Å². The number of anilines is 1. The molecule has 1 aromatic carbocycles. The van der Waals surface area contributed by atoms with Crippen molar-refractivity contribution < 1.29 is 0 Å². The smallest absolute Gasteiger partial charge is 0.0361 e. The Kier molecular flexibility index (Phi) is 4.91. The average molecular weight is 204 g/mol. The van der Waals surface area contributed by atoms with Crippen molar-refractivity contribution in [1.82, 2.24) is 5.32 Å². The molecular weight excluding hydrogens is 184 g/mol. The molecule has 0 amide bonds. The largest absolute Gasteiger partial charge is 0.378 e. The average Bonchev–Trinajstić information content (AvgIpc) is 2.25. The molecule has 0 heterocycles. The standard InChI is InChI=1S/C13H20N2/c1-4-5-10-14-11-12-6-8-13(9-7-12)15(2)3/h4,6-9,14H,1,5,10-11H2,2-3H3. The molecule has 1 N–H and O–H groups in total. The molecule has 0 bridgehead atoms. The van der Waals surface area contributed by atoms with E-state index in [0.29, 0.717) is 0 Å². The number of nitrogens with zero attached hydrogens (tertiary/aromatic N) is 1. The molecule has 82 valence electrons. The van der Waals surface area contributed by atoms with Gasteiger partial charge in [-0.05, 0) is 30.7 Å². The highest BCUT2D eigenvalue weighted by atomic mass is 15.1. The van der Waals surface area contributed by atoms with Crippen molar-refractivity contribution in [2.45, 2.75) is 13.0 Å². The minimum Gasteiger partial charge on any atom is -0.378 e. The Bertz CT molecular complexity index is 288. The number of nitrogens with one attached hydrogen (secondary N) is 1. The van der Waals surface area contributed by atoms with E-state index in [0.717, 1.165) is 19.5 Å². The second-order valence-corrected chi connectivity index (χ2v) is 3.82. The summed E-state index contributed by atoms with van der Waals surface area (Å²) in [6.07, 6.45) is 2.96. The van der Waals surface area contributed by atoms with Crippen LogP contribution in [0, 0.1) is 0 Å². The Labute approximate surface area is 92.6 Å². The molecule has 1 rings (SSSR count). The van der Waals surface area contributed by atoms with Crippen LogP contribution in [0.2, 0.25) is 0 Å². The highest BCUT2D eigenvalue weighted by Gasteiger charge is 1.95. The van der Waals surface area contributed by atoms with E-state index in [-0.39, 0.29) is 0 Å². The lowest BCUT2D eigenvalue weighted by atomic mass is 10.2. The van der Waals surface area contributed by atoms with Crippen molar-refractivity contribution in [2.24, 2.45) is 0 Å². The quantitative estimate of drug-likeness (QED) is 0.565. The van der Waals surface area contributed by atoms with Gasteiger partial charge in [-0.2, -0.15) is 0 Å². The van der Waals surface area contributed by atoms with Gasteiger partial charge in [0, 0.05) is 26.3 Å². The highest BCUT2D eigenvalue weighted by molar-refractivity contribution is 5.45. The molecule has 0 spiro atoms. The van der Waals surface area contributed by atoms with Gasteiger partial charge in [-0.15, -0.1) is 6.58 Å². The lowest BCUT2D eigenvalue weighted by Crippen LogP contribution is -2.14. The molecule has 0 aliphatic rings. The van der Waals surface area contributed by atoms with Crippen LogP contribution in [0.1, 0.15) is 12.0 Å². The minimum atomic E-state index is 0.932. The van der Waals surface area contributed by atoms with Gasteiger partial charge in [0.05, 0.1) is 0 Å². The van der Waals surface area contributed by atoms with Crippen LogP contribution in [0.5, 0.6) is 0 Å².